The molecule has 0 spiro atoms. The van der Waals surface area contributed by atoms with E-state index in [0.717, 1.165) is 43.2 Å². The van der Waals surface area contributed by atoms with E-state index in [0.29, 0.717) is 60.8 Å². The molecule has 1 fully saturated rings. The number of para-hydroxylation sites is 1. The van der Waals surface area contributed by atoms with Crippen molar-refractivity contribution in [3.63, 3.8) is 0 Å². The summed E-state index contributed by atoms with van der Waals surface area (Å²) in [6, 6.07) is 9.46. The highest BCUT2D eigenvalue weighted by atomic mass is 127. The smallest absolute Gasteiger partial charge is 0.293 e. The van der Waals surface area contributed by atoms with Crippen molar-refractivity contribution in [2.45, 2.75) is 33.1 Å². The van der Waals surface area contributed by atoms with Crippen LogP contribution in [-0.2, 0) is 14.3 Å². The van der Waals surface area contributed by atoms with Crippen LogP contribution in [0, 0.1) is 6.92 Å². The van der Waals surface area contributed by atoms with Gasteiger partial charge in [0.2, 0.25) is 17.7 Å². The van der Waals surface area contributed by atoms with E-state index < -0.39 is 0 Å². The first kappa shape index (κ1) is 32.9. The van der Waals surface area contributed by atoms with Crippen LogP contribution >= 0.6 is 42.1 Å². The molecule has 0 atom stereocenters. The molecule has 0 bridgehead atoms. The summed E-state index contributed by atoms with van der Waals surface area (Å²) in [7, 11) is 5.00. The Morgan fingerprint density at radius 1 is 1.12 bits per heavy atom. The summed E-state index contributed by atoms with van der Waals surface area (Å²) >= 11 is 3.95. The second kappa shape index (κ2) is 17.4. The SMILES string of the molecule is CCOC=O.COc1cccc(OC)c1-n1c(-c2ccc(C)o2)nnc1N(CCSI)SCCN1CCCCC1=O. The summed E-state index contributed by atoms with van der Waals surface area (Å²) in [5.41, 5.74) is 0.700. The number of hydrogen-bond acceptors (Lipinski definition) is 11. The van der Waals surface area contributed by atoms with E-state index in [4.69, 9.17) is 13.9 Å². The normalized spacial score (nSPS) is 12.9. The van der Waals surface area contributed by atoms with E-state index in [2.05, 4.69) is 40.4 Å². The Morgan fingerprint density at radius 3 is 2.44 bits per heavy atom. The van der Waals surface area contributed by atoms with Crippen molar-refractivity contribution in [1.29, 1.82) is 0 Å². The second-order valence-corrected chi connectivity index (χ2v) is 12.3. The number of methoxy groups -OCH3 is 2. The van der Waals surface area contributed by atoms with E-state index in [9.17, 15) is 9.59 Å². The average molecular weight is 718 g/mol. The van der Waals surface area contributed by atoms with Gasteiger partial charge in [-0.15, -0.1) is 10.2 Å². The highest BCUT2D eigenvalue weighted by Gasteiger charge is 2.27. The lowest BCUT2D eigenvalue weighted by Gasteiger charge is -2.28. The maximum Gasteiger partial charge on any atom is 0.293 e. The minimum atomic E-state index is 0.244. The lowest BCUT2D eigenvalue weighted by atomic mass is 10.1. The summed E-state index contributed by atoms with van der Waals surface area (Å²) < 4.78 is 25.6. The third-order valence-corrected chi connectivity index (χ3v) is 8.77. The lowest BCUT2D eigenvalue weighted by molar-refractivity contribution is -0.133. The minimum absolute atomic E-state index is 0.244. The number of carbonyl (C=O) groups excluding carboxylic acids is 2. The van der Waals surface area contributed by atoms with Crippen LogP contribution in [0.2, 0.25) is 0 Å². The molecule has 2 aromatic heterocycles. The van der Waals surface area contributed by atoms with Gasteiger partial charge in [0.25, 0.3) is 6.47 Å². The Balaban J connectivity index is 0.000000850. The highest BCUT2D eigenvalue weighted by molar-refractivity contribution is 14.2. The van der Waals surface area contributed by atoms with Gasteiger partial charge in [-0.05, 0) is 84.1 Å². The topological polar surface area (TPSA) is 112 Å². The number of anilines is 1. The van der Waals surface area contributed by atoms with Gasteiger partial charge >= 0.3 is 0 Å². The number of likely N-dealkylation sites (tertiary alicyclic amines) is 1. The number of rotatable bonds is 14. The zero-order valence-electron chi connectivity index (χ0n) is 23.7. The minimum Gasteiger partial charge on any atom is -0.494 e. The summed E-state index contributed by atoms with van der Waals surface area (Å²) in [6.07, 6.45) is 2.70. The van der Waals surface area contributed by atoms with E-state index in [1.807, 2.05) is 46.7 Å². The predicted octanol–water partition coefficient (Wildman–Crippen LogP) is 5.58. The van der Waals surface area contributed by atoms with E-state index in [1.165, 1.54) is 0 Å². The molecule has 1 aliphatic rings. The Bertz CT molecular complexity index is 1230. The summed E-state index contributed by atoms with van der Waals surface area (Å²) in [4.78, 5) is 23.4. The molecular weight excluding hydrogens is 681 g/mol. The van der Waals surface area contributed by atoms with Crippen LogP contribution in [0.4, 0.5) is 5.95 Å². The summed E-state index contributed by atoms with van der Waals surface area (Å²) in [5, 5.41) is 9.16. The molecule has 3 aromatic rings. The Kier molecular flexibility index (Phi) is 14.0. The number of halogens is 1. The molecular formula is C27H36IN5O6S2. The fourth-order valence-electron chi connectivity index (χ4n) is 4.18. The Morgan fingerprint density at radius 2 is 1.88 bits per heavy atom. The molecule has 11 nitrogen and oxygen atoms in total. The summed E-state index contributed by atoms with van der Waals surface area (Å²) in [5.74, 6) is 5.73. The van der Waals surface area contributed by atoms with Crippen molar-refractivity contribution in [2.75, 3.05) is 56.3 Å². The number of piperidine rings is 1. The summed E-state index contributed by atoms with van der Waals surface area (Å²) in [6.45, 7) is 6.83. The first-order valence-corrected chi connectivity index (χ1v) is 17.7. The number of benzene rings is 1. The van der Waals surface area contributed by atoms with Crippen LogP contribution in [0.3, 0.4) is 0 Å². The number of furan rings is 1. The third kappa shape index (κ3) is 8.95. The molecule has 0 radical (unpaired) electrons. The van der Waals surface area contributed by atoms with Crippen LogP contribution in [0.5, 0.6) is 11.5 Å². The molecule has 0 saturated carbocycles. The lowest BCUT2D eigenvalue weighted by Crippen LogP contribution is -2.37. The van der Waals surface area contributed by atoms with Gasteiger partial charge in [-0.25, -0.2) is 0 Å². The van der Waals surface area contributed by atoms with Crippen molar-refractivity contribution in [3.8, 4) is 28.8 Å². The van der Waals surface area contributed by atoms with Gasteiger partial charge in [0, 0.05) is 37.6 Å². The van der Waals surface area contributed by atoms with Crippen molar-refractivity contribution < 1.29 is 28.2 Å². The van der Waals surface area contributed by atoms with E-state index in [-0.39, 0.29) is 5.91 Å². The molecule has 0 aliphatic carbocycles. The predicted molar refractivity (Wildman–Crippen MR) is 171 cm³/mol. The molecule has 4 rings (SSSR count). The molecule has 41 heavy (non-hydrogen) atoms. The fourth-order valence-corrected chi connectivity index (χ4v) is 6.11. The zero-order chi connectivity index (χ0) is 29.6. The van der Waals surface area contributed by atoms with Crippen LogP contribution in [-0.4, -0.2) is 84.0 Å². The average Bonchev–Trinajstić information content (AvgIpc) is 3.62. The van der Waals surface area contributed by atoms with Gasteiger partial charge in [0.1, 0.15) is 22.9 Å². The number of ether oxygens (including phenoxy) is 3. The monoisotopic (exact) mass is 717 g/mol. The largest absolute Gasteiger partial charge is 0.494 e. The van der Waals surface area contributed by atoms with Crippen LogP contribution in [0.25, 0.3) is 17.3 Å². The number of aryl methyl sites for hydroxylation is 1. The second-order valence-electron chi connectivity index (χ2n) is 8.72. The number of carbonyl (C=O) groups is 2. The fraction of sp³-hybridized carbons (Fsp3) is 0.481. The molecule has 1 aromatic carbocycles. The van der Waals surface area contributed by atoms with Crippen LogP contribution in [0.1, 0.15) is 31.9 Å². The molecule has 224 valence electrons. The molecule has 14 heteroatoms. The Labute approximate surface area is 261 Å². The molecule has 0 N–H and O–H groups in total. The van der Waals surface area contributed by atoms with Gasteiger partial charge in [-0.2, -0.15) is 0 Å². The van der Waals surface area contributed by atoms with Gasteiger partial charge in [0.05, 0.1) is 20.8 Å². The quantitative estimate of drug-likeness (QED) is 0.118. The number of amides is 1. The Hall–Kier alpha value is -2.59. The van der Waals surface area contributed by atoms with Crippen LogP contribution in [0.15, 0.2) is 34.7 Å². The maximum absolute atomic E-state index is 12.3. The number of aromatic nitrogens is 3. The maximum atomic E-state index is 12.3. The first-order valence-electron chi connectivity index (χ1n) is 13.2. The molecule has 1 saturated heterocycles. The number of nitrogens with zero attached hydrogens (tertiary/aromatic N) is 5. The van der Waals surface area contributed by atoms with Crippen LogP contribution < -0.4 is 13.8 Å². The van der Waals surface area contributed by atoms with Crippen molar-refractivity contribution in [1.82, 2.24) is 19.7 Å². The number of hydrogen-bond donors (Lipinski definition) is 0. The van der Waals surface area contributed by atoms with Crippen molar-refractivity contribution in [3.05, 3.63) is 36.1 Å². The van der Waals surface area contributed by atoms with Crippen molar-refractivity contribution >= 4 is 60.4 Å². The molecule has 0 unspecified atom stereocenters. The van der Waals surface area contributed by atoms with E-state index in [1.54, 1.807) is 42.0 Å². The third-order valence-electron chi connectivity index (χ3n) is 6.09. The van der Waals surface area contributed by atoms with Gasteiger partial charge < -0.3 is 23.5 Å². The molecule has 1 aliphatic heterocycles. The molecule has 3 heterocycles. The van der Waals surface area contributed by atoms with Gasteiger partial charge in [-0.1, -0.05) is 15.0 Å². The highest BCUT2D eigenvalue weighted by Crippen LogP contribution is 2.39. The standard InChI is InChI=1S/C24H30IN5O4S2.C3H6O2/c1-17-10-11-20(34-17)23-26-27-24(30(23)22-18(32-2)7-6-8-19(22)33-3)29(14-15-35-25)36-16-13-28-12-5-4-9-21(28)31;1-2-5-3-4/h6-8,10-11H,4-5,9,12-16H2,1-3H3;3H,2H2,1H3. The molecule has 1 amide bonds. The first-order chi connectivity index (χ1) is 20.0. The van der Waals surface area contributed by atoms with E-state index >= 15 is 0 Å². The van der Waals surface area contributed by atoms with Gasteiger partial charge in [-0.3, -0.25) is 18.5 Å². The van der Waals surface area contributed by atoms with Crippen molar-refractivity contribution in [2.24, 2.45) is 0 Å². The zero-order valence-corrected chi connectivity index (χ0v) is 27.5. The van der Waals surface area contributed by atoms with Gasteiger partial charge in [0.15, 0.2) is 5.76 Å².